The summed E-state index contributed by atoms with van der Waals surface area (Å²) in [4.78, 5) is 2.51. The van der Waals surface area contributed by atoms with Crippen LogP contribution in [-0.2, 0) is 0 Å². The third-order valence-electron chi connectivity index (χ3n) is 3.81. The highest BCUT2D eigenvalue weighted by atomic mass is 15.2. The first-order chi connectivity index (χ1) is 5.97. The lowest BCUT2D eigenvalue weighted by molar-refractivity contribution is 0.0991. The Kier molecular flexibility index (Phi) is 3.36. The van der Waals surface area contributed by atoms with Crippen molar-refractivity contribution in [3.63, 3.8) is 0 Å². The molecule has 0 aromatic rings. The third-order valence-corrected chi connectivity index (χ3v) is 3.81. The summed E-state index contributed by atoms with van der Waals surface area (Å²) < 4.78 is 0. The van der Waals surface area contributed by atoms with E-state index in [2.05, 4.69) is 32.7 Å². The molecule has 1 aliphatic rings. The lowest BCUT2D eigenvalue weighted by atomic mass is 9.97. The second-order valence-electron chi connectivity index (χ2n) is 5.00. The van der Waals surface area contributed by atoms with Gasteiger partial charge in [-0.1, -0.05) is 6.92 Å². The van der Waals surface area contributed by atoms with Crippen LogP contribution in [0.5, 0.6) is 0 Å². The van der Waals surface area contributed by atoms with Gasteiger partial charge >= 0.3 is 0 Å². The number of nitrogens with zero attached hydrogens (tertiary/aromatic N) is 1. The first kappa shape index (κ1) is 11.0. The molecule has 0 aliphatic heterocycles. The van der Waals surface area contributed by atoms with Gasteiger partial charge in [-0.2, -0.15) is 0 Å². The van der Waals surface area contributed by atoms with E-state index in [1.54, 1.807) is 0 Å². The van der Waals surface area contributed by atoms with E-state index in [-0.39, 0.29) is 0 Å². The van der Waals surface area contributed by atoms with Gasteiger partial charge in [0, 0.05) is 17.6 Å². The molecule has 0 aromatic heterocycles. The summed E-state index contributed by atoms with van der Waals surface area (Å²) in [5.41, 5.74) is 6.25. The van der Waals surface area contributed by atoms with Crippen LogP contribution < -0.4 is 5.73 Å². The minimum atomic E-state index is 0.328. The van der Waals surface area contributed by atoms with Crippen LogP contribution in [0.15, 0.2) is 0 Å². The van der Waals surface area contributed by atoms with Gasteiger partial charge in [-0.05, 0) is 46.6 Å². The molecule has 2 N–H and O–H groups in total. The molecular weight excluding hydrogens is 160 g/mol. The van der Waals surface area contributed by atoms with Crippen molar-refractivity contribution in [2.75, 3.05) is 7.05 Å². The molecule has 0 spiro atoms. The summed E-state index contributed by atoms with van der Waals surface area (Å²) in [7, 11) is 2.24. The molecular formula is C11H24N2. The summed E-state index contributed by atoms with van der Waals surface area (Å²) in [6.07, 6.45) is 4.87. The fraction of sp³-hybridized carbons (Fsp3) is 1.00. The van der Waals surface area contributed by atoms with Gasteiger partial charge in [-0.15, -0.1) is 0 Å². The zero-order valence-electron chi connectivity index (χ0n) is 9.51. The topological polar surface area (TPSA) is 29.3 Å². The first-order valence-electron chi connectivity index (χ1n) is 5.46. The van der Waals surface area contributed by atoms with E-state index >= 15 is 0 Å². The summed E-state index contributed by atoms with van der Waals surface area (Å²) in [5, 5.41) is 0. The van der Waals surface area contributed by atoms with Crippen LogP contribution in [0, 0.1) is 0 Å². The van der Waals surface area contributed by atoms with Crippen molar-refractivity contribution in [3.8, 4) is 0 Å². The van der Waals surface area contributed by atoms with Gasteiger partial charge in [0.15, 0.2) is 0 Å². The highest BCUT2D eigenvalue weighted by molar-refractivity contribution is 4.89. The molecule has 13 heavy (non-hydrogen) atoms. The van der Waals surface area contributed by atoms with Crippen molar-refractivity contribution in [1.29, 1.82) is 0 Å². The minimum absolute atomic E-state index is 0.328. The second kappa shape index (κ2) is 3.97. The van der Waals surface area contributed by atoms with Gasteiger partial charge in [0.1, 0.15) is 0 Å². The quantitative estimate of drug-likeness (QED) is 0.727. The maximum absolute atomic E-state index is 5.92. The van der Waals surface area contributed by atoms with Crippen molar-refractivity contribution in [3.05, 3.63) is 0 Å². The Morgan fingerprint density at radius 2 is 2.00 bits per heavy atom. The molecule has 0 aromatic carbocycles. The van der Waals surface area contributed by atoms with E-state index in [0.29, 0.717) is 17.6 Å². The first-order valence-corrected chi connectivity index (χ1v) is 5.46. The molecule has 78 valence electrons. The van der Waals surface area contributed by atoms with Crippen molar-refractivity contribution in [2.45, 2.75) is 64.1 Å². The fourth-order valence-corrected chi connectivity index (χ4v) is 2.09. The molecule has 0 saturated heterocycles. The lowest BCUT2D eigenvalue weighted by Gasteiger charge is -2.39. The number of nitrogens with two attached hydrogens (primary N) is 1. The molecule has 0 amide bonds. The van der Waals surface area contributed by atoms with Crippen LogP contribution >= 0.6 is 0 Å². The SMILES string of the molecule is CCC(C)(C)N(C)C1CCC(N)C1. The molecule has 2 nitrogen and oxygen atoms in total. The molecule has 2 atom stereocenters. The Morgan fingerprint density at radius 3 is 2.38 bits per heavy atom. The number of rotatable bonds is 3. The molecule has 2 heteroatoms. The molecule has 0 bridgehead atoms. The van der Waals surface area contributed by atoms with Gasteiger partial charge in [0.25, 0.3) is 0 Å². The molecule has 2 unspecified atom stereocenters. The van der Waals surface area contributed by atoms with Gasteiger partial charge in [0.2, 0.25) is 0 Å². The third kappa shape index (κ3) is 2.44. The smallest absolute Gasteiger partial charge is 0.0150 e. The van der Waals surface area contributed by atoms with Crippen LogP contribution in [0.1, 0.15) is 46.5 Å². The molecule has 0 heterocycles. The van der Waals surface area contributed by atoms with Gasteiger partial charge in [-0.3, -0.25) is 4.90 Å². The van der Waals surface area contributed by atoms with Crippen LogP contribution in [0.4, 0.5) is 0 Å². The van der Waals surface area contributed by atoms with Crippen LogP contribution in [0.3, 0.4) is 0 Å². The molecule has 1 aliphatic carbocycles. The average molecular weight is 184 g/mol. The Balaban J connectivity index is 2.52. The van der Waals surface area contributed by atoms with E-state index in [0.717, 1.165) is 0 Å². The molecule has 1 fully saturated rings. The second-order valence-corrected chi connectivity index (χ2v) is 5.00. The zero-order chi connectivity index (χ0) is 10.1. The van der Waals surface area contributed by atoms with E-state index in [4.69, 9.17) is 5.73 Å². The van der Waals surface area contributed by atoms with E-state index < -0.39 is 0 Å². The Bertz CT molecular complexity index is 165. The normalized spacial score (nSPS) is 30.0. The maximum Gasteiger partial charge on any atom is 0.0150 e. The summed E-state index contributed by atoms with van der Waals surface area (Å²) in [6, 6.07) is 1.16. The van der Waals surface area contributed by atoms with Crippen LogP contribution in [0.2, 0.25) is 0 Å². The van der Waals surface area contributed by atoms with Crippen molar-refractivity contribution >= 4 is 0 Å². The highest BCUT2D eigenvalue weighted by Crippen LogP contribution is 2.28. The minimum Gasteiger partial charge on any atom is -0.328 e. The van der Waals surface area contributed by atoms with Crippen molar-refractivity contribution < 1.29 is 0 Å². The fourth-order valence-electron chi connectivity index (χ4n) is 2.09. The van der Waals surface area contributed by atoms with Crippen molar-refractivity contribution in [1.82, 2.24) is 4.90 Å². The lowest BCUT2D eigenvalue weighted by Crippen LogP contribution is -2.46. The predicted molar refractivity (Wildman–Crippen MR) is 57.7 cm³/mol. The van der Waals surface area contributed by atoms with E-state index in [1.807, 2.05) is 0 Å². The Labute approximate surface area is 82.5 Å². The van der Waals surface area contributed by atoms with Crippen LogP contribution in [0.25, 0.3) is 0 Å². The summed E-state index contributed by atoms with van der Waals surface area (Å²) in [6.45, 7) is 6.89. The molecule has 1 saturated carbocycles. The van der Waals surface area contributed by atoms with Gasteiger partial charge in [0.05, 0.1) is 0 Å². The van der Waals surface area contributed by atoms with E-state index in [9.17, 15) is 0 Å². The molecule has 1 rings (SSSR count). The summed E-state index contributed by atoms with van der Waals surface area (Å²) >= 11 is 0. The van der Waals surface area contributed by atoms with E-state index in [1.165, 1.54) is 25.7 Å². The number of hydrogen-bond donors (Lipinski definition) is 1. The zero-order valence-corrected chi connectivity index (χ0v) is 9.51. The monoisotopic (exact) mass is 184 g/mol. The van der Waals surface area contributed by atoms with Gasteiger partial charge in [-0.25, -0.2) is 0 Å². The maximum atomic E-state index is 5.92. The summed E-state index contributed by atoms with van der Waals surface area (Å²) in [5.74, 6) is 0. The predicted octanol–water partition coefficient (Wildman–Crippen LogP) is 1.99. The standard InChI is InChI=1S/C11H24N2/c1-5-11(2,3)13(4)10-7-6-9(12)8-10/h9-10H,5-8,12H2,1-4H3. The highest BCUT2D eigenvalue weighted by Gasteiger charge is 2.32. The Hall–Kier alpha value is -0.0800. The largest absolute Gasteiger partial charge is 0.328 e. The number of hydrogen-bond acceptors (Lipinski definition) is 2. The van der Waals surface area contributed by atoms with Crippen molar-refractivity contribution in [2.24, 2.45) is 5.73 Å². The Morgan fingerprint density at radius 1 is 1.38 bits per heavy atom. The van der Waals surface area contributed by atoms with Gasteiger partial charge < -0.3 is 5.73 Å². The average Bonchev–Trinajstić information content (AvgIpc) is 2.50. The van der Waals surface area contributed by atoms with Crippen LogP contribution in [-0.4, -0.2) is 29.6 Å². The molecule has 0 radical (unpaired) electrons.